The summed E-state index contributed by atoms with van der Waals surface area (Å²) in [4.78, 5) is 118. The number of carbonyl (C=O) groups excluding carboxylic acids is 3. The van der Waals surface area contributed by atoms with Gasteiger partial charge in [0.15, 0.2) is 52.4 Å². The molecule has 27 nitrogen and oxygen atoms in total. The van der Waals surface area contributed by atoms with Crippen LogP contribution in [0.25, 0.3) is 83.9 Å². The number of pyridine rings is 9. The first-order valence-electron chi connectivity index (χ1n) is 42.6. The predicted octanol–water partition coefficient (Wildman–Crippen LogP) is 18.8. The summed E-state index contributed by atoms with van der Waals surface area (Å²) in [6.45, 7) is 34.8. The van der Waals surface area contributed by atoms with Crippen molar-refractivity contribution in [3.63, 3.8) is 0 Å². The maximum absolute atomic E-state index is 15.3. The summed E-state index contributed by atoms with van der Waals surface area (Å²) < 4.78 is 136. The molecule has 138 heavy (non-hydrogen) atoms. The lowest BCUT2D eigenvalue weighted by atomic mass is 10.0. The molecule has 714 valence electrons. The van der Waals surface area contributed by atoms with Crippen molar-refractivity contribution in [1.82, 2.24) is 58.3 Å². The average Bonchev–Trinajstić information content (AvgIpc) is 0.726. The Balaban J connectivity index is 0.000000175. The van der Waals surface area contributed by atoms with Crippen LogP contribution < -0.4 is 48.6 Å². The second-order valence-electron chi connectivity index (χ2n) is 33.8. The number of nitrogen functional groups attached to an aromatic ring is 3. The molecule has 0 unspecified atom stereocenters. The molecular weight excluding hydrogens is 1930 g/mol. The Morgan fingerprint density at radius 2 is 0.688 bits per heavy atom. The lowest BCUT2D eigenvalue weighted by Crippen LogP contribution is -2.54. The van der Waals surface area contributed by atoms with Gasteiger partial charge >= 0.3 is 0 Å². The van der Waals surface area contributed by atoms with Crippen molar-refractivity contribution in [2.24, 2.45) is 0 Å². The van der Waals surface area contributed by atoms with E-state index >= 15 is 13.2 Å². The number of nitrogens with two attached hydrogens (primary N) is 3. The van der Waals surface area contributed by atoms with Crippen LogP contribution in [0.4, 0.5) is 73.6 Å². The molecule has 0 bridgehead atoms. The number of nitriles is 3. The number of fused-ring (bicyclic) bond motifs is 3. The molecular formula is C96H84Cl6F9N21O6. The van der Waals surface area contributed by atoms with Gasteiger partial charge in [-0.15, -0.1) is 0 Å². The molecule has 0 saturated carbocycles. The van der Waals surface area contributed by atoms with E-state index in [1.54, 1.807) is 89.0 Å². The number of rotatable bonds is 15. The largest absolute Gasteiger partial charge is 0.397 e. The first-order chi connectivity index (χ1) is 65.2. The molecule has 6 N–H and O–H groups in total. The fraction of sp³-hybridized carbons (Fsp3) is 0.281. The zero-order chi connectivity index (χ0) is 101. The minimum atomic E-state index is -2.03. The Hall–Kier alpha value is -13.8. The number of piperazine rings is 3. The molecule has 3 saturated heterocycles. The minimum Gasteiger partial charge on any atom is -0.397 e. The summed E-state index contributed by atoms with van der Waals surface area (Å²) in [5.74, 6) is -17.0. The average molecular weight is 2010 g/mol. The van der Waals surface area contributed by atoms with E-state index in [1.807, 2.05) is 72.4 Å². The van der Waals surface area contributed by atoms with Crippen molar-refractivity contribution < 1.29 is 53.9 Å². The summed E-state index contributed by atoms with van der Waals surface area (Å²) in [6, 6.07) is 14.3. The summed E-state index contributed by atoms with van der Waals surface area (Å²) in [5, 5.41) is 29.2. The SMILES string of the molecule is C=CC(=O)N1CCN(c2c(C#N)c(=O)n(-c3c(C)ccnc3C(C)C)c3nc(-c4c(Cl)c(N)c(F)c(F)c4Cl)c(Cl)cc23)C[C@H]1C.C=CC(=O)N1CCN(c2c(C#N)c(=O)n(-c3c(C)ccnc3C(C)C)c3nc(-c4c(F)c(N)c(F)c(F)c4F)c(Cl)cc23)C[C@H]1C.C=CC(=O)N1CCN(c2c(C#N)c(=O)n(-c3c(C)ccnc3C(C)C)c3nc(-c4c(N)c(Cl)c(F)c(F)c4F)c(Cl)cc23)C[C@H]1C. The van der Waals surface area contributed by atoms with Crippen LogP contribution in [0.3, 0.4) is 0 Å². The standard InChI is InChI=1S/C32H28Cl3F2N7O2.C32H28Cl2F3N7O2.C32H28ClF4N7O2/c1-6-20(45)43-10-9-42(13-16(43)5)30-17-11-19(33)28(21-22(34)24(36)25(37)26(39)23(21)35)41-31(17)44(32(46)18(30)12-38)29-15(4)7-8-40-27(29)14(2)3;1-6-20(45)43-10-9-42(13-16(43)5)30-17-11-19(33)28(21-23(35)25(37)24(36)22(34)26(21)39)41-31(17)44(32(46)18(30)12-38)29-15(4)7-8-40-27(29)14(2)3;1-6-20(45)43-10-9-42(13-16(43)5)30-17-11-19(33)28(21-22(34)24(36)25(37)26(39)23(21)35)41-31(17)44(32(46)18(30)12-38)29-15(4)7-8-40-27(29)14(2)3/h3*6-8,11,14,16H,1,9-10,13,39H2,2-5H3/t3*16-/m111/s1. The van der Waals surface area contributed by atoms with Crippen LogP contribution >= 0.6 is 69.6 Å². The number of carbonyl (C=O) groups is 3. The van der Waals surface area contributed by atoms with Crippen LogP contribution in [-0.4, -0.2) is 153 Å². The minimum absolute atomic E-state index is 0.0316. The molecule has 3 atom stereocenters. The Morgan fingerprint density at radius 3 is 0.993 bits per heavy atom. The van der Waals surface area contributed by atoms with Gasteiger partial charge in [-0.05, 0) is 131 Å². The summed E-state index contributed by atoms with van der Waals surface area (Å²) >= 11 is 38.6. The fourth-order valence-electron chi connectivity index (χ4n) is 17.5. The maximum atomic E-state index is 15.3. The second-order valence-corrected chi connectivity index (χ2v) is 36.1. The van der Waals surface area contributed by atoms with Crippen LogP contribution in [0, 0.1) is 107 Å². The topological polar surface area (TPSA) is 363 Å². The number of hydrogen-bond acceptors (Lipinski definition) is 21. The van der Waals surface area contributed by atoms with E-state index in [0.717, 1.165) is 4.57 Å². The van der Waals surface area contributed by atoms with Gasteiger partial charge in [0.2, 0.25) is 17.7 Å². The van der Waals surface area contributed by atoms with Gasteiger partial charge in [0.1, 0.15) is 62.5 Å². The molecule has 42 heteroatoms. The van der Waals surface area contributed by atoms with Gasteiger partial charge in [0.25, 0.3) is 16.7 Å². The van der Waals surface area contributed by atoms with Crippen molar-refractivity contribution in [3.8, 4) is 69.0 Å². The third kappa shape index (κ3) is 17.6. The molecule has 0 radical (unpaired) electrons. The van der Waals surface area contributed by atoms with E-state index in [-0.39, 0.29) is 194 Å². The Bertz CT molecular complexity index is 6790. The van der Waals surface area contributed by atoms with Crippen LogP contribution in [0.15, 0.2) is 107 Å². The number of amides is 3. The van der Waals surface area contributed by atoms with Crippen LogP contribution in [-0.2, 0) is 14.4 Å². The Labute approximate surface area is 813 Å². The van der Waals surface area contributed by atoms with Crippen molar-refractivity contribution in [1.29, 1.82) is 15.8 Å². The van der Waals surface area contributed by atoms with Gasteiger partial charge in [-0.1, -0.05) is 131 Å². The van der Waals surface area contributed by atoms with E-state index in [4.69, 9.17) is 91.8 Å². The number of aromatic nitrogens is 9. The highest BCUT2D eigenvalue weighted by Gasteiger charge is 2.40. The van der Waals surface area contributed by atoms with Crippen LogP contribution in [0.2, 0.25) is 30.1 Å². The van der Waals surface area contributed by atoms with Crippen LogP contribution in [0.5, 0.6) is 0 Å². The van der Waals surface area contributed by atoms with Crippen molar-refractivity contribution >= 4 is 155 Å². The molecule has 3 fully saturated rings. The number of aryl methyl sites for hydroxylation is 3. The Kier molecular flexibility index (Phi) is 29.5. The van der Waals surface area contributed by atoms with Crippen molar-refractivity contribution in [2.75, 3.05) is 90.8 Å². The van der Waals surface area contributed by atoms with Crippen LogP contribution in [0.1, 0.15) is 131 Å². The second kappa shape index (κ2) is 40.1. The maximum Gasteiger partial charge on any atom is 0.276 e. The van der Waals surface area contributed by atoms with Crippen molar-refractivity contribution in [3.05, 3.63) is 257 Å². The number of benzene rings is 3. The molecule has 0 aliphatic carbocycles. The molecule has 3 aromatic carbocycles. The smallest absolute Gasteiger partial charge is 0.276 e. The quantitative estimate of drug-likeness (QED) is 0.0282. The Morgan fingerprint density at radius 1 is 0.399 bits per heavy atom. The van der Waals surface area contributed by atoms with E-state index < -0.39 is 129 Å². The first kappa shape index (κ1) is 102. The number of halogens is 15. The molecule has 0 spiro atoms. The van der Waals surface area contributed by atoms with Gasteiger partial charge in [0.05, 0.1) is 116 Å². The number of anilines is 6. The lowest BCUT2D eigenvalue weighted by molar-refractivity contribution is -0.129. The molecule has 12 aromatic rings. The molecule has 9 aromatic heterocycles. The van der Waals surface area contributed by atoms with E-state index in [0.29, 0.717) is 57.1 Å². The van der Waals surface area contributed by atoms with Crippen molar-refractivity contribution in [2.45, 2.75) is 119 Å². The normalized spacial score (nSPS) is 15.0. The van der Waals surface area contributed by atoms with E-state index in [2.05, 4.69) is 50.7 Å². The third-order valence-corrected chi connectivity index (χ3v) is 26.1. The highest BCUT2D eigenvalue weighted by atomic mass is 35.5. The highest BCUT2D eigenvalue weighted by Crippen LogP contribution is 2.49. The number of hydrogen-bond donors (Lipinski definition) is 3. The zero-order valence-electron chi connectivity index (χ0n) is 75.8. The zero-order valence-corrected chi connectivity index (χ0v) is 80.3. The molecule has 3 aliphatic heterocycles. The molecule has 3 aliphatic rings. The van der Waals surface area contributed by atoms with E-state index in [1.165, 1.54) is 45.6 Å². The molecule has 3 amide bonds. The van der Waals surface area contributed by atoms with Gasteiger partial charge in [-0.2, -0.15) is 15.8 Å². The summed E-state index contributed by atoms with van der Waals surface area (Å²) in [7, 11) is 0. The monoisotopic (exact) mass is 2010 g/mol. The van der Waals surface area contributed by atoms with Gasteiger partial charge in [-0.3, -0.25) is 57.4 Å². The van der Waals surface area contributed by atoms with E-state index in [9.17, 15) is 70.9 Å². The fourth-order valence-corrected chi connectivity index (χ4v) is 19.0. The lowest BCUT2D eigenvalue weighted by Gasteiger charge is -2.41. The molecule has 12 heterocycles. The predicted molar refractivity (Wildman–Crippen MR) is 516 cm³/mol. The van der Waals surface area contributed by atoms with Gasteiger partial charge in [-0.25, -0.2) is 54.5 Å². The first-order valence-corrected chi connectivity index (χ1v) is 44.9. The number of nitrogens with zero attached hydrogens (tertiary/aromatic N) is 18. The summed E-state index contributed by atoms with van der Waals surface area (Å²) in [5.41, 5.74) is 13.0. The van der Waals surface area contributed by atoms with Gasteiger partial charge < -0.3 is 46.6 Å². The highest BCUT2D eigenvalue weighted by molar-refractivity contribution is 6.43. The van der Waals surface area contributed by atoms with Gasteiger partial charge in [0, 0.05) is 117 Å². The third-order valence-electron chi connectivity index (χ3n) is 24.2. The molecule has 15 rings (SSSR count). The summed E-state index contributed by atoms with van der Waals surface area (Å²) in [6.07, 6.45) is 8.40.